The van der Waals surface area contributed by atoms with Crippen molar-refractivity contribution in [3.63, 3.8) is 0 Å². The fraction of sp³-hybridized carbons (Fsp3) is 0.444. The Balaban J connectivity index is 1.45. The number of hydrogen-bond acceptors (Lipinski definition) is 6. The Morgan fingerprint density at radius 1 is 1.21 bits per heavy atom. The number of thiophene rings is 1. The molecule has 0 saturated heterocycles. The summed E-state index contributed by atoms with van der Waals surface area (Å²) in [5, 5.41) is 1.08. The molecule has 0 fully saturated rings. The number of nitrogens with zero attached hydrogens (tertiary/aromatic N) is 3. The summed E-state index contributed by atoms with van der Waals surface area (Å²) in [6, 6.07) is 7.52. The molecule has 1 aliphatic rings. The van der Waals surface area contributed by atoms with Crippen molar-refractivity contribution in [3.05, 3.63) is 58.9 Å². The normalized spacial score (nSPS) is 16.0. The van der Waals surface area contributed by atoms with Crippen molar-refractivity contribution in [1.29, 1.82) is 0 Å². The topological polar surface area (TPSA) is 57.1 Å². The first kappa shape index (κ1) is 23.1. The predicted octanol–water partition coefficient (Wildman–Crippen LogP) is 6.76. The highest BCUT2D eigenvalue weighted by molar-refractivity contribution is 7.25. The summed E-state index contributed by atoms with van der Waals surface area (Å²) < 4.78 is 26.5. The molecule has 0 N–H and O–H groups in total. The maximum atomic E-state index is 14.4. The Labute approximate surface area is 203 Å². The molecule has 0 saturated carbocycles. The van der Waals surface area contributed by atoms with Crippen LogP contribution >= 0.6 is 11.3 Å². The molecule has 1 aliphatic heterocycles. The largest absolute Gasteiger partial charge is 0.494 e. The number of halogens is 1. The first-order valence-corrected chi connectivity index (χ1v) is 12.7. The van der Waals surface area contributed by atoms with Gasteiger partial charge < -0.3 is 9.47 Å². The fourth-order valence-electron chi connectivity index (χ4n) is 4.88. The zero-order chi connectivity index (χ0) is 23.9. The van der Waals surface area contributed by atoms with Crippen LogP contribution in [0.3, 0.4) is 0 Å². The van der Waals surface area contributed by atoms with Crippen molar-refractivity contribution >= 4 is 31.8 Å². The Kier molecular flexibility index (Phi) is 6.25. The van der Waals surface area contributed by atoms with Crippen LogP contribution in [-0.4, -0.2) is 27.7 Å². The second-order valence-corrected chi connectivity index (χ2v) is 10.7. The van der Waals surface area contributed by atoms with Crippen LogP contribution in [0.25, 0.3) is 20.4 Å². The smallest absolute Gasteiger partial charge is 0.165 e. The standard InChI is InChI=1S/C27H30FN3O2S/c1-5-6-16(17-8-10-23(32-4)20(28)12-17)7-9-21-25-24(30-15-29-21)19-11-18-14-33-27(2,3)13-22(18)31-26(19)34-25/h8,10-12,15-16H,5-7,9,13-14H2,1-4H3. The Morgan fingerprint density at radius 2 is 2.06 bits per heavy atom. The molecule has 0 spiro atoms. The number of methoxy groups -OCH3 is 1. The molecule has 34 heavy (non-hydrogen) atoms. The van der Waals surface area contributed by atoms with E-state index in [1.165, 1.54) is 7.11 Å². The van der Waals surface area contributed by atoms with Crippen LogP contribution < -0.4 is 4.74 Å². The van der Waals surface area contributed by atoms with E-state index in [1.54, 1.807) is 29.8 Å². The lowest BCUT2D eigenvalue weighted by atomic mass is 9.89. The minimum Gasteiger partial charge on any atom is -0.494 e. The quantitative estimate of drug-likeness (QED) is 0.293. The lowest BCUT2D eigenvalue weighted by molar-refractivity contribution is -0.0411. The predicted molar refractivity (Wildman–Crippen MR) is 134 cm³/mol. The van der Waals surface area contributed by atoms with Gasteiger partial charge in [0.25, 0.3) is 0 Å². The molecule has 1 unspecified atom stereocenters. The van der Waals surface area contributed by atoms with E-state index < -0.39 is 0 Å². The van der Waals surface area contributed by atoms with Gasteiger partial charge in [0.2, 0.25) is 0 Å². The molecule has 5 nitrogen and oxygen atoms in total. The van der Waals surface area contributed by atoms with Crippen LogP contribution in [0.1, 0.15) is 68.5 Å². The van der Waals surface area contributed by atoms with Gasteiger partial charge in [-0.05, 0) is 62.8 Å². The third-order valence-corrected chi connectivity index (χ3v) is 7.85. The summed E-state index contributed by atoms with van der Waals surface area (Å²) in [7, 11) is 1.49. The molecular weight excluding hydrogens is 449 g/mol. The van der Waals surface area contributed by atoms with Gasteiger partial charge in [0, 0.05) is 17.4 Å². The van der Waals surface area contributed by atoms with E-state index in [-0.39, 0.29) is 23.1 Å². The molecule has 7 heteroatoms. The van der Waals surface area contributed by atoms with Crippen molar-refractivity contribution in [2.75, 3.05) is 7.11 Å². The van der Waals surface area contributed by atoms with Crippen LogP contribution in [0.15, 0.2) is 30.6 Å². The minimum absolute atomic E-state index is 0.190. The van der Waals surface area contributed by atoms with Crippen LogP contribution in [0.4, 0.5) is 4.39 Å². The monoisotopic (exact) mass is 479 g/mol. The van der Waals surface area contributed by atoms with Crippen LogP contribution in [-0.2, 0) is 24.2 Å². The molecule has 4 aromatic rings. The van der Waals surface area contributed by atoms with E-state index >= 15 is 0 Å². The SMILES string of the molecule is CCCC(CCc1ncnc2c1sc1nc3c(cc12)COC(C)(C)C3)c1ccc(OC)c(F)c1. The number of fused-ring (bicyclic) bond motifs is 4. The third kappa shape index (κ3) is 4.39. The van der Waals surface area contributed by atoms with E-state index in [9.17, 15) is 4.39 Å². The Hall–Kier alpha value is -2.64. The summed E-state index contributed by atoms with van der Waals surface area (Å²) in [5.41, 5.74) is 5.10. The number of rotatable bonds is 7. The van der Waals surface area contributed by atoms with Crippen molar-refractivity contribution in [2.24, 2.45) is 0 Å². The number of ether oxygens (including phenoxy) is 2. The van der Waals surface area contributed by atoms with E-state index in [4.69, 9.17) is 14.5 Å². The van der Waals surface area contributed by atoms with E-state index in [0.29, 0.717) is 6.61 Å². The van der Waals surface area contributed by atoms with Gasteiger partial charge in [0.1, 0.15) is 11.2 Å². The van der Waals surface area contributed by atoms with Crippen LogP contribution in [0, 0.1) is 5.82 Å². The Bertz CT molecular complexity index is 1350. The van der Waals surface area contributed by atoms with Gasteiger partial charge in [-0.15, -0.1) is 11.3 Å². The number of pyridine rings is 1. The first-order chi connectivity index (χ1) is 16.4. The number of benzene rings is 1. The van der Waals surface area contributed by atoms with Gasteiger partial charge in [0.05, 0.1) is 40.9 Å². The molecule has 0 amide bonds. The van der Waals surface area contributed by atoms with Gasteiger partial charge in [-0.1, -0.05) is 19.4 Å². The molecular formula is C27H30FN3O2S. The summed E-state index contributed by atoms with van der Waals surface area (Å²) in [4.78, 5) is 15.3. The second-order valence-electron chi connectivity index (χ2n) is 9.69. The lowest BCUT2D eigenvalue weighted by Gasteiger charge is -2.30. The van der Waals surface area contributed by atoms with E-state index in [0.717, 1.165) is 75.1 Å². The zero-order valence-electron chi connectivity index (χ0n) is 20.2. The van der Waals surface area contributed by atoms with Crippen LogP contribution in [0.2, 0.25) is 0 Å². The zero-order valence-corrected chi connectivity index (χ0v) is 21.0. The average Bonchev–Trinajstić information content (AvgIpc) is 3.17. The summed E-state index contributed by atoms with van der Waals surface area (Å²) >= 11 is 1.68. The van der Waals surface area contributed by atoms with E-state index in [2.05, 4.69) is 36.8 Å². The number of hydrogen-bond donors (Lipinski definition) is 0. The summed E-state index contributed by atoms with van der Waals surface area (Å²) in [6.45, 7) is 6.97. The Morgan fingerprint density at radius 3 is 2.82 bits per heavy atom. The highest BCUT2D eigenvalue weighted by Crippen LogP contribution is 2.38. The van der Waals surface area contributed by atoms with Gasteiger partial charge in [-0.25, -0.2) is 19.3 Å². The van der Waals surface area contributed by atoms with Crippen molar-refractivity contribution in [2.45, 2.75) is 71.0 Å². The molecule has 5 rings (SSSR count). The summed E-state index contributed by atoms with van der Waals surface area (Å²) in [5.74, 6) is 0.234. The molecule has 3 aromatic heterocycles. The maximum absolute atomic E-state index is 14.4. The fourth-order valence-corrected chi connectivity index (χ4v) is 6.03. The first-order valence-electron chi connectivity index (χ1n) is 11.9. The van der Waals surface area contributed by atoms with Gasteiger partial charge in [0.15, 0.2) is 11.6 Å². The van der Waals surface area contributed by atoms with Crippen LogP contribution in [0.5, 0.6) is 5.75 Å². The van der Waals surface area contributed by atoms with Crippen molar-refractivity contribution in [3.8, 4) is 5.75 Å². The molecule has 0 bridgehead atoms. The van der Waals surface area contributed by atoms with Crippen molar-refractivity contribution < 1.29 is 13.9 Å². The molecule has 4 heterocycles. The average molecular weight is 480 g/mol. The van der Waals surface area contributed by atoms with Gasteiger partial charge in [-0.2, -0.15) is 0 Å². The highest BCUT2D eigenvalue weighted by atomic mass is 32.1. The van der Waals surface area contributed by atoms with Crippen molar-refractivity contribution in [1.82, 2.24) is 15.0 Å². The van der Waals surface area contributed by atoms with Gasteiger partial charge in [-0.3, -0.25) is 0 Å². The highest BCUT2D eigenvalue weighted by Gasteiger charge is 2.28. The van der Waals surface area contributed by atoms with E-state index in [1.807, 2.05) is 6.07 Å². The third-order valence-electron chi connectivity index (χ3n) is 6.71. The molecule has 178 valence electrons. The van der Waals surface area contributed by atoms with Gasteiger partial charge >= 0.3 is 0 Å². The maximum Gasteiger partial charge on any atom is 0.165 e. The second kappa shape index (κ2) is 9.19. The summed E-state index contributed by atoms with van der Waals surface area (Å²) in [6.07, 6.45) is 6.20. The molecule has 1 atom stereocenters. The number of aryl methyl sites for hydroxylation is 1. The minimum atomic E-state index is -0.308. The lowest BCUT2D eigenvalue weighted by Crippen LogP contribution is -2.32. The molecule has 0 radical (unpaired) electrons. The molecule has 1 aromatic carbocycles. The molecule has 0 aliphatic carbocycles. The number of aromatic nitrogens is 3.